The Labute approximate surface area is 65.9 Å². The highest BCUT2D eigenvalue weighted by atomic mass is 16.4. The van der Waals surface area contributed by atoms with Gasteiger partial charge in [0.05, 0.1) is 0 Å². The molecule has 0 atom stereocenters. The molecule has 2 bridgehead atoms. The van der Waals surface area contributed by atoms with E-state index in [-0.39, 0.29) is 5.41 Å². The molecule has 2 heteroatoms. The van der Waals surface area contributed by atoms with Crippen LogP contribution in [0.3, 0.4) is 0 Å². The quantitative estimate of drug-likeness (QED) is 0.613. The highest BCUT2D eigenvalue weighted by Crippen LogP contribution is 2.62. The van der Waals surface area contributed by atoms with E-state index in [1.165, 1.54) is 6.42 Å². The Morgan fingerprint density at radius 1 is 1.55 bits per heavy atom. The van der Waals surface area contributed by atoms with Crippen LogP contribution in [0.5, 0.6) is 0 Å². The summed E-state index contributed by atoms with van der Waals surface area (Å²) < 4.78 is 0. The van der Waals surface area contributed by atoms with Crippen LogP contribution in [0.2, 0.25) is 0 Å². The molecule has 0 unspecified atom stereocenters. The molecule has 1 N–H and O–H groups in total. The van der Waals surface area contributed by atoms with Crippen molar-refractivity contribution in [3.05, 3.63) is 12.2 Å². The maximum atomic E-state index is 10.6. The first kappa shape index (κ1) is 6.89. The molecule has 0 heterocycles. The molecule has 3 aliphatic rings. The fourth-order valence-corrected chi connectivity index (χ4v) is 2.56. The van der Waals surface area contributed by atoms with Crippen molar-refractivity contribution in [2.45, 2.75) is 25.7 Å². The predicted octanol–water partition coefficient (Wildman–Crippen LogP) is 1.82. The third-order valence-corrected chi connectivity index (χ3v) is 3.29. The van der Waals surface area contributed by atoms with Crippen LogP contribution in [0.25, 0.3) is 0 Å². The Hall–Kier alpha value is -0.790. The molecule has 3 saturated carbocycles. The zero-order valence-corrected chi connectivity index (χ0v) is 6.47. The van der Waals surface area contributed by atoms with Crippen molar-refractivity contribution in [2.24, 2.45) is 11.3 Å². The van der Waals surface area contributed by atoms with E-state index in [2.05, 4.69) is 6.58 Å². The van der Waals surface area contributed by atoms with Crippen LogP contribution in [0.1, 0.15) is 25.7 Å². The number of carboxylic acid groups (broad SMARTS) is 1. The van der Waals surface area contributed by atoms with Crippen LogP contribution < -0.4 is 0 Å². The molecule has 0 aliphatic heterocycles. The van der Waals surface area contributed by atoms with Crippen LogP contribution in [0, 0.1) is 11.3 Å². The topological polar surface area (TPSA) is 37.3 Å². The average molecular weight is 152 g/mol. The van der Waals surface area contributed by atoms with E-state index < -0.39 is 5.97 Å². The summed E-state index contributed by atoms with van der Waals surface area (Å²) in [6.07, 6.45) is 4.44. The molecule has 2 nitrogen and oxygen atoms in total. The molecule has 60 valence electrons. The predicted molar refractivity (Wildman–Crippen MR) is 41.2 cm³/mol. The van der Waals surface area contributed by atoms with Gasteiger partial charge in [0.25, 0.3) is 0 Å². The SMILES string of the molecule is C=C(C(=O)O)C12CCC(C1)C2. The number of aliphatic carboxylic acids is 1. The smallest absolute Gasteiger partial charge is 0.331 e. The van der Waals surface area contributed by atoms with E-state index in [9.17, 15) is 4.79 Å². The standard InChI is InChI=1S/C9H12O2/c1-6(8(10)11)9-3-2-7(4-9)5-9/h7H,1-5H2,(H,10,11). The number of carboxylic acids is 1. The molecule has 0 aromatic carbocycles. The summed E-state index contributed by atoms with van der Waals surface area (Å²) >= 11 is 0. The Morgan fingerprint density at radius 3 is 2.55 bits per heavy atom. The van der Waals surface area contributed by atoms with Gasteiger partial charge in [0.1, 0.15) is 0 Å². The molecule has 0 radical (unpaired) electrons. The number of hydrogen-bond donors (Lipinski definition) is 1. The number of rotatable bonds is 2. The Balaban J connectivity index is 2.16. The van der Waals surface area contributed by atoms with Crippen LogP contribution in [-0.4, -0.2) is 11.1 Å². The van der Waals surface area contributed by atoms with E-state index in [1.807, 2.05) is 0 Å². The largest absolute Gasteiger partial charge is 0.478 e. The minimum absolute atomic E-state index is 0.0243. The molecular formula is C9H12O2. The fraction of sp³-hybridized carbons (Fsp3) is 0.667. The number of hydrogen-bond acceptors (Lipinski definition) is 1. The van der Waals surface area contributed by atoms with Crippen LogP contribution in [-0.2, 0) is 4.79 Å². The fourth-order valence-electron chi connectivity index (χ4n) is 2.56. The lowest BCUT2D eigenvalue weighted by Crippen LogP contribution is -2.32. The summed E-state index contributed by atoms with van der Waals surface area (Å²) in [4.78, 5) is 10.6. The Bertz CT molecular complexity index is 218. The second-order valence-corrected chi connectivity index (χ2v) is 3.88. The summed E-state index contributed by atoms with van der Waals surface area (Å²) in [7, 11) is 0. The third-order valence-electron chi connectivity index (χ3n) is 3.29. The van der Waals surface area contributed by atoms with E-state index >= 15 is 0 Å². The van der Waals surface area contributed by atoms with Crippen molar-refractivity contribution in [3.8, 4) is 0 Å². The first-order valence-electron chi connectivity index (χ1n) is 4.07. The van der Waals surface area contributed by atoms with Crippen molar-refractivity contribution in [1.29, 1.82) is 0 Å². The lowest BCUT2D eigenvalue weighted by atomic mass is 9.65. The molecule has 3 rings (SSSR count). The van der Waals surface area contributed by atoms with Crippen molar-refractivity contribution in [2.75, 3.05) is 0 Å². The minimum Gasteiger partial charge on any atom is -0.478 e. The van der Waals surface area contributed by atoms with Gasteiger partial charge >= 0.3 is 5.97 Å². The van der Waals surface area contributed by atoms with Crippen LogP contribution in [0.4, 0.5) is 0 Å². The molecule has 0 aromatic rings. The summed E-state index contributed by atoms with van der Waals surface area (Å²) in [6, 6.07) is 0. The van der Waals surface area contributed by atoms with Crippen molar-refractivity contribution in [1.82, 2.24) is 0 Å². The van der Waals surface area contributed by atoms with E-state index in [0.29, 0.717) is 5.57 Å². The second-order valence-electron chi connectivity index (χ2n) is 3.88. The Kier molecular flexibility index (Phi) is 1.17. The monoisotopic (exact) mass is 152 g/mol. The zero-order valence-electron chi connectivity index (χ0n) is 6.47. The van der Waals surface area contributed by atoms with Gasteiger partial charge < -0.3 is 5.11 Å². The first-order valence-corrected chi connectivity index (χ1v) is 4.07. The number of fused-ring (bicyclic) bond motifs is 1. The first-order chi connectivity index (χ1) is 5.14. The van der Waals surface area contributed by atoms with Gasteiger partial charge in [0, 0.05) is 11.0 Å². The van der Waals surface area contributed by atoms with E-state index in [0.717, 1.165) is 25.2 Å². The van der Waals surface area contributed by atoms with Crippen molar-refractivity contribution < 1.29 is 9.90 Å². The van der Waals surface area contributed by atoms with Gasteiger partial charge in [-0.3, -0.25) is 0 Å². The summed E-state index contributed by atoms with van der Waals surface area (Å²) in [5.74, 6) is 0.0106. The lowest BCUT2D eigenvalue weighted by molar-refractivity contribution is -0.134. The summed E-state index contributed by atoms with van der Waals surface area (Å²) in [5.41, 5.74) is 0.475. The number of carbonyl (C=O) groups is 1. The second kappa shape index (κ2) is 1.87. The molecule has 3 aliphatic carbocycles. The van der Waals surface area contributed by atoms with Gasteiger partial charge in [-0.15, -0.1) is 0 Å². The molecule has 11 heavy (non-hydrogen) atoms. The minimum atomic E-state index is -0.801. The molecule has 0 aromatic heterocycles. The molecule has 3 fully saturated rings. The average Bonchev–Trinajstić information content (AvgIpc) is 2.40. The maximum Gasteiger partial charge on any atom is 0.331 e. The highest BCUT2D eigenvalue weighted by Gasteiger charge is 2.53. The molecule has 0 amide bonds. The zero-order chi connectivity index (χ0) is 8.06. The van der Waals surface area contributed by atoms with Crippen molar-refractivity contribution in [3.63, 3.8) is 0 Å². The highest BCUT2D eigenvalue weighted by molar-refractivity contribution is 5.87. The van der Waals surface area contributed by atoms with Gasteiger partial charge in [-0.25, -0.2) is 4.79 Å². The van der Waals surface area contributed by atoms with Gasteiger partial charge in [-0.05, 0) is 31.6 Å². The normalized spacial score (nSPS) is 39.8. The van der Waals surface area contributed by atoms with Crippen LogP contribution in [0.15, 0.2) is 12.2 Å². The summed E-state index contributed by atoms with van der Waals surface area (Å²) in [6.45, 7) is 3.65. The molecular weight excluding hydrogens is 140 g/mol. The molecule has 0 spiro atoms. The van der Waals surface area contributed by atoms with Crippen molar-refractivity contribution >= 4 is 5.97 Å². The Morgan fingerprint density at radius 2 is 2.18 bits per heavy atom. The van der Waals surface area contributed by atoms with E-state index in [1.54, 1.807) is 0 Å². The van der Waals surface area contributed by atoms with Gasteiger partial charge in [0.2, 0.25) is 0 Å². The van der Waals surface area contributed by atoms with Gasteiger partial charge in [-0.2, -0.15) is 0 Å². The molecule has 0 saturated heterocycles. The van der Waals surface area contributed by atoms with Crippen LogP contribution >= 0.6 is 0 Å². The van der Waals surface area contributed by atoms with Gasteiger partial charge in [-0.1, -0.05) is 6.58 Å². The summed E-state index contributed by atoms with van der Waals surface area (Å²) in [5, 5.41) is 8.73. The maximum absolute atomic E-state index is 10.6. The lowest BCUT2D eigenvalue weighted by Gasteiger charge is -2.38. The van der Waals surface area contributed by atoms with Gasteiger partial charge in [0.15, 0.2) is 0 Å². The van der Waals surface area contributed by atoms with E-state index in [4.69, 9.17) is 5.11 Å². The third kappa shape index (κ3) is 0.753.